The van der Waals surface area contributed by atoms with Crippen molar-refractivity contribution in [3.63, 3.8) is 0 Å². The van der Waals surface area contributed by atoms with Gasteiger partial charge < -0.3 is 25.4 Å². The van der Waals surface area contributed by atoms with Crippen LogP contribution in [0.4, 0.5) is 11.4 Å². The number of para-hydroxylation sites is 1. The van der Waals surface area contributed by atoms with E-state index in [1.807, 2.05) is 48.2 Å². The van der Waals surface area contributed by atoms with Gasteiger partial charge in [-0.15, -0.1) is 11.6 Å². The zero-order chi connectivity index (χ0) is 28.0. The number of anilines is 1. The van der Waals surface area contributed by atoms with E-state index in [2.05, 4.69) is 11.6 Å². The zero-order valence-corrected chi connectivity index (χ0v) is 24.5. The van der Waals surface area contributed by atoms with Crippen molar-refractivity contribution < 1.29 is 9.72 Å². The SMILES string of the molecule is CCl.CN(C)CCCn1c(=O)c([N+](=O)[O-])c(N2CCN(C(=O)c3ccc(Cl)c(Cl)c3)CC2)c2ccccc21.N. The Hall–Kier alpha value is -2.89. The molecule has 3 aromatic rings. The Labute approximate surface area is 242 Å². The van der Waals surface area contributed by atoms with Gasteiger partial charge in [-0.05, 0) is 51.3 Å². The van der Waals surface area contributed by atoms with Crippen LogP contribution in [-0.4, -0.2) is 78.4 Å². The molecule has 0 saturated carbocycles. The standard InChI is InChI=1S/C25H27Cl2N5O4.CH3Cl.H3N/c1-28(2)10-5-11-31-21-7-4-3-6-18(21)22(23(25(31)34)32(35)36)29-12-14-30(15-13-29)24(33)17-8-9-19(26)20(27)16-17;1-2;/h3-4,6-9,16H,5,10-15H2,1-2H3;1H3;1H3. The highest BCUT2D eigenvalue weighted by Gasteiger charge is 2.32. The number of aryl methyl sites for hydroxylation is 1. The summed E-state index contributed by atoms with van der Waals surface area (Å²) in [5, 5.41) is 13.5. The number of alkyl halides is 1. The second kappa shape index (κ2) is 14.5. The highest BCUT2D eigenvalue weighted by atomic mass is 35.5. The summed E-state index contributed by atoms with van der Waals surface area (Å²) in [5.74, 6) is -0.191. The van der Waals surface area contributed by atoms with E-state index in [-0.39, 0.29) is 12.1 Å². The number of nitrogens with zero attached hydrogens (tertiary/aromatic N) is 5. The number of hydrogen-bond acceptors (Lipinski definition) is 7. The topological polar surface area (TPSA) is 127 Å². The summed E-state index contributed by atoms with van der Waals surface area (Å²) in [6, 6.07) is 12.0. The largest absolute Gasteiger partial charge is 0.362 e. The van der Waals surface area contributed by atoms with E-state index in [9.17, 15) is 19.7 Å². The van der Waals surface area contributed by atoms with Gasteiger partial charge in [0.2, 0.25) is 0 Å². The highest BCUT2D eigenvalue weighted by molar-refractivity contribution is 6.42. The molecule has 0 unspecified atom stereocenters. The summed E-state index contributed by atoms with van der Waals surface area (Å²) < 4.78 is 1.50. The first-order valence-corrected chi connectivity index (χ1v) is 13.5. The minimum absolute atomic E-state index is 0. The Morgan fingerprint density at radius 3 is 2.26 bits per heavy atom. The lowest BCUT2D eigenvalue weighted by Crippen LogP contribution is -2.49. The van der Waals surface area contributed by atoms with E-state index in [0.717, 1.165) is 6.54 Å². The number of nitro groups is 1. The quantitative estimate of drug-likeness (QED) is 0.226. The highest BCUT2D eigenvalue weighted by Crippen LogP contribution is 2.34. The summed E-state index contributed by atoms with van der Waals surface area (Å²) in [6.45, 7) is 2.52. The van der Waals surface area contributed by atoms with Gasteiger partial charge in [-0.25, -0.2) is 0 Å². The number of fused-ring (bicyclic) bond motifs is 1. The Morgan fingerprint density at radius 1 is 1.03 bits per heavy atom. The van der Waals surface area contributed by atoms with Crippen LogP contribution in [0.5, 0.6) is 0 Å². The van der Waals surface area contributed by atoms with Crippen LogP contribution in [-0.2, 0) is 6.54 Å². The van der Waals surface area contributed by atoms with Crippen LogP contribution in [0.15, 0.2) is 47.3 Å². The van der Waals surface area contributed by atoms with Gasteiger partial charge in [-0.1, -0.05) is 41.4 Å². The number of amides is 1. The third kappa shape index (κ3) is 7.20. The van der Waals surface area contributed by atoms with Gasteiger partial charge in [0, 0.05) is 50.1 Å². The van der Waals surface area contributed by atoms with Crippen molar-refractivity contribution in [3.05, 3.63) is 78.5 Å². The Morgan fingerprint density at radius 2 is 1.67 bits per heavy atom. The summed E-state index contributed by atoms with van der Waals surface area (Å²) in [7, 11) is 3.89. The van der Waals surface area contributed by atoms with Crippen molar-refractivity contribution in [1.82, 2.24) is 20.5 Å². The van der Waals surface area contributed by atoms with E-state index in [1.165, 1.54) is 17.0 Å². The fourth-order valence-electron chi connectivity index (χ4n) is 4.57. The molecule has 4 rings (SSSR count). The molecular weight excluding hydrogens is 567 g/mol. The number of carbonyl (C=O) groups excluding carboxylic acids is 1. The van der Waals surface area contributed by atoms with E-state index >= 15 is 0 Å². The lowest BCUT2D eigenvalue weighted by molar-refractivity contribution is -0.385. The molecule has 0 radical (unpaired) electrons. The molecule has 13 heteroatoms. The fourth-order valence-corrected chi connectivity index (χ4v) is 4.87. The van der Waals surface area contributed by atoms with Crippen LogP contribution in [0.1, 0.15) is 16.8 Å². The normalized spacial score (nSPS) is 13.1. The van der Waals surface area contributed by atoms with Crippen molar-refractivity contribution in [1.29, 1.82) is 0 Å². The molecule has 39 heavy (non-hydrogen) atoms. The Bertz CT molecular complexity index is 1370. The van der Waals surface area contributed by atoms with Crippen molar-refractivity contribution in [2.75, 3.05) is 58.1 Å². The number of rotatable bonds is 7. The minimum Gasteiger partial charge on any atom is -0.362 e. The molecule has 1 aliphatic heterocycles. The molecule has 1 aliphatic rings. The fraction of sp³-hybridized carbons (Fsp3) is 0.385. The minimum atomic E-state index is -0.609. The average molecular weight is 600 g/mol. The van der Waals surface area contributed by atoms with Crippen LogP contribution in [0, 0.1) is 10.1 Å². The third-order valence-corrected chi connectivity index (χ3v) is 7.08. The van der Waals surface area contributed by atoms with Gasteiger partial charge in [0.15, 0.2) is 0 Å². The first-order chi connectivity index (χ1) is 18.2. The maximum atomic E-state index is 13.4. The molecule has 2 aromatic carbocycles. The van der Waals surface area contributed by atoms with Gasteiger partial charge in [0.1, 0.15) is 5.69 Å². The second-order valence-corrected chi connectivity index (χ2v) is 9.81. The molecule has 2 heterocycles. The van der Waals surface area contributed by atoms with Crippen molar-refractivity contribution in [3.8, 4) is 0 Å². The van der Waals surface area contributed by atoms with Crippen LogP contribution in [0.3, 0.4) is 0 Å². The zero-order valence-electron chi connectivity index (χ0n) is 22.2. The van der Waals surface area contributed by atoms with Crippen LogP contribution < -0.4 is 16.6 Å². The van der Waals surface area contributed by atoms with Gasteiger partial charge in [-0.3, -0.25) is 19.7 Å². The van der Waals surface area contributed by atoms with Gasteiger partial charge in [0.25, 0.3) is 5.91 Å². The number of benzene rings is 2. The number of carbonyl (C=O) groups is 1. The maximum absolute atomic E-state index is 13.4. The second-order valence-electron chi connectivity index (χ2n) is 8.99. The predicted octanol–water partition coefficient (Wildman–Crippen LogP) is 5.15. The van der Waals surface area contributed by atoms with Gasteiger partial charge in [0.05, 0.1) is 20.5 Å². The Kier molecular flexibility index (Phi) is 12.0. The number of pyridine rings is 1. The smallest absolute Gasteiger partial charge is 0.357 e. The molecule has 212 valence electrons. The summed E-state index contributed by atoms with van der Waals surface area (Å²) >= 11 is 16.7. The molecular formula is C26H33Cl3N6O4. The lowest BCUT2D eigenvalue weighted by atomic mass is 10.1. The molecule has 1 fully saturated rings. The number of halogens is 3. The van der Waals surface area contributed by atoms with E-state index in [4.69, 9.17) is 23.2 Å². The first-order valence-electron chi connectivity index (χ1n) is 12.0. The van der Waals surface area contributed by atoms with Gasteiger partial charge in [-0.2, -0.15) is 0 Å². The molecule has 0 atom stereocenters. The van der Waals surface area contributed by atoms with E-state index in [0.29, 0.717) is 71.3 Å². The molecule has 1 saturated heterocycles. The van der Waals surface area contributed by atoms with Gasteiger partial charge >= 0.3 is 11.2 Å². The number of aromatic nitrogens is 1. The predicted molar refractivity (Wildman–Crippen MR) is 159 cm³/mol. The van der Waals surface area contributed by atoms with Crippen molar-refractivity contribution in [2.24, 2.45) is 0 Å². The van der Waals surface area contributed by atoms with Crippen molar-refractivity contribution in [2.45, 2.75) is 13.0 Å². The molecule has 10 nitrogen and oxygen atoms in total. The summed E-state index contributed by atoms with van der Waals surface area (Å²) in [4.78, 5) is 43.4. The monoisotopic (exact) mass is 598 g/mol. The van der Waals surface area contributed by atoms with E-state index < -0.39 is 16.2 Å². The van der Waals surface area contributed by atoms with Crippen LogP contribution in [0.25, 0.3) is 10.9 Å². The molecule has 1 amide bonds. The molecule has 0 spiro atoms. The average Bonchev–Trinajstić information content (AvgIpc) is 2.91. The molecule has 0 bridgehead atoms. The third-order valence-electron chi connectivity index (χ3n) is 6.34. The van der Waals surface area contributed by atoms with E-state index in [1.54, 1.807) is 17.0 Å². The van der Waals surface area contributed by atoms with Crippen LogP contribution in [0.2, 0.25) is 10.0 Å². The number of hydrogen-bond donors (Lipinski definition) is 1. The summed E-state index contributed by atoms with van der Waals surface area (Å²) in [5.41, 5.74) is 0.362. The maximum Gasteiger partial charge on any atom is 0.357 e. The van der Waals surface area contributed by atoms with Crippen molar-refractivity contribution >= 4 is 63.0 Å². The molecule has 0 aliphatic carbocycles. The van der Waals surface area contributed by atoms with Crippen LogP contribution >= 0.6 is 34.8 Å². The lowest BCUT2D eigenvalue weighted by Gasteiger charge is -2.36. The first kappa shape index (κ1) is 32.3. The molecule has 3 N–H and O–H groups in total. The molecule has 1 aromatic heterocycles. The number of piperazine rings is 1. The summed E-state index contributed by atoms with van der Waals surface area (Å²) in [6.07, 6.45) is 2.16. The Balaban J connectivity index is 0.00000174.